The number of aryl methyl sites for hydroxylation is 1. The van der Waals surface area contributed by atoms with E-state index in [9.17, 15) is 18.0 Å². The average Bonchev–Trinajstić information content (AvgIpc) is 2.16. The molecule has 0 radical (unpaired) electrons. The molecule has 4 nitrogen and oxygen atoms in total. The Morgan fingerprint density at radius 2 is 2.12 bits per heavy atom. The van der Waals surface area contributed by atoms with Gasteiger partial charge >= 0.3 is 11.9 Å². The van der Waals surface area contributed by atoms with Crippen LogP contribution in [-0.4, -0.2) is 16.0 Å². The molecule has 0 fully saturated rings. The van der Waals surface area contributed by atoms with Gasteiger partial charge in [0.25, 0.3) is 0 Å². The van der Waals surface area contributed by atoms with E-state index in [1.165, 1.54) is 0 Å². The van der Waals surface area contributed by atoms with Crippen LogP contribution in [-0.2, 0) is 19.0 Å². The first-order valence-electron chi connectivity index (χ1n) is 4.83. The summed E-state index contributed by atoms with van der Waals surface area (Å²) in [4.78, 5) is 16.3. The summed E-state index contributed by atoms with van der Waals surface area (Å²) in [6.45, 7) is 0. The third-order valence-electron chi connectivity index (χ3n) is 2.62. The molecule has 1 aliphatic rings. The number of hydrogen-bond acceptors (Lipinski definition) is 3. The van der Waals surface area contributed by atoms with Gasteiger partial charge in [-0.25, -0.2) is 4.79 Å². The highest BCUT2D eigenvalue weighted by molar-refractivity contribution is 5.30. The minimum absolute atomic E-state index is 0.0332. The topological polar surface area (TPSA) is 71.8 Å². The maximum absolute atomic E-state index is 12.6. The van der Waals surface area contributed by atoms with Gasteiger partial charge in [0, 0.05) is 17.3 Å². The normalized spacial score (nSPS) is 20.6. The number of aromatic amines is 1. The number of nitrogens with one attached hydrogen (secondary N) is 1. The molecular formula is C9H10F3N3O. The molecule has 0 saturated heterocycles. The number of aromatic nitrogens is 2. The number of alkyl halides is 3. The van der Waals surface area contributed by atoms with Gasteiger partial charge in [0.15, 0.2) is 5.69 Å². The zero-order valence-electron chi connectivity index (χ0n) is 8.27. The minimum atomic E-state index is -4.60. The summed E-state index contributed by atoms with van der Waals surface area (Å²) in [6.07, 6.45) is -3.56. The fourth-order valence-corrected chi connectivity index (χ4v) is 1.91. The molecule has 1 heterocycles. The van der Waals surface area contributed by atoms with Crippen LogP contribution in [0.3, 0.4) is 0 Å². The number of rotatable bonds is 0. The van der Waals surface area contributed by atoms with Crippen LogP contribution in [0.2, 0.25) is 0 Å². The lowest BCUT2D eigenvalue weighted by molar-refractivity contribution is -0.142. The standard InChI is InChI=1S/C9H10F3N3O/c10-9(11,12)7-5-3-4(13)1-2-6(5)14-8(16)15-7/h4H,1-3,13H2,(H,14,15,16). The molecule has 3 N–H and O–H groups in total. The molecule has 1 aliphatic carbocycles. The molecule has 0 bridgehead atoms. The maximum atomic E-state index is 12.6. The molecule has 0 amide bonds. The van der Waals surface area contributed by atoms with E-state index in [2.05, 4.69) is 9.97 Å². The zero-order chi connectivity index (χ0) is 11.9. The Kier molecular flexibility index (Phi) is 2.49. The van der Waals surface area contributed by atoms with Gasteiger partial charge in [-0.1, -0.05) is 0 Å². The summed E-state index contributed by atoms with van der Waals surface area (Å²) < 4.78 is 37.9. The number of nitrogens with two attached hydrogens (primary N) is 1. The molecule has 1 unspecified atom stereocenters. The molecule has 16 heavy (non-hydrogen) atoms. The summed E-state index contributed by atoms with van der Waals surface area (Å²) >= 11 is 0. The number of hydrogen-bond donors (Lipinski definition) is 2. The lowest BCUT2D eigenvalue weighted by atomic mass is 9.91. The van der Waals surface area contributed by atoms with E-state index >= 15 is 0 Å². The van der Waals surface area contributed by atoms with E-state index in [1.807, 2.05) is 0 Å². The fraction of sp³-hybridized carbons (Fsp3) is 0.556. The Hall–Kier alpha value is -1.37. The van der Waals surface area contributed by atoms with Crippen molar-refractivity contribution in [2.45, 2.75) is 31.5 Å². The van der Waals surface area contributed by atoms with E-state index in [0.717, 1.165) is 0 Å². The largest absolute Gasteiger partial charge is 0.433 e. The van der Waals surface area contributed by atoms with Crippen molar-refractivity contribution in [2.75, 3.05) is 0 Å². The molecule has 0 aliphatic heterocycles. The van der Waals surface area contributed by atoms with Crippen molar-refractivity contribution in [1.82, 2.24) is 9.97 Å². The first kappa shape index (κ1) is 11.1. The summed E-state index contributed by atoms with van der Waals surface area (Å²) in [6, 6.07) is -0.304. The van der Waals surface area contributed by atoms with Crippen LogP contribution >= 0.6 is 0 Å². The molecule has 0 spiro atoms. The highest BCUT2D eigenvalue weighted by atomic mass is 19.4. The highest BCUT2D eigenvalue weighted by Crippen LogP contribution is 2.32. The van der Waals surface area contributed by atoms with Gasteiger partial charge in [0.05, 0.1) is 0 Å². The van der Waals surface area contributed by atoms with Crippen molar-refractivity contribution in [3.63, 3.8) is 0 Å². The van der Waals surface area contributed by atoms with Gasteiger partial charge in [0.2, 0.25) is 0 Å². The second-order valence-electron chi connectivity index (χ2n) is 3.85. The molecule has 0 saturated carbocycles. The second kappa shape index (κ2) is 3.58. The van der Waals surface area contributed by atoms with Crippen LogP contribution in [0.1, 0.15) is 23.4 Å². The van der Waals surface area contributed by atoms with Gasteiger partial charge in [-0.2, -0.15) is 18.2 Å². The third kappa shape index (κ3) is 1.95. The summed E-state index contributed by atoms with van der Waals surface area (Å²) in [5.41, 5.74) is 3.91. The molecule has 0 aromatic carbocycles. The molecule has 88 valence electrons. The van der Waals surface area contributed by atoms with Crippen LogP contribution in [0.15, 0.2) is 4.79 Å². The number of H-pyrrole nitrogens is 1. The minimum Gasteiger partial charge on any atom is -0.327 e. The van der Waals surface area contributed by atoms with Crippen LogP contribution < -0.4 is 11.4 Å². The SMILES string of the molecule is NC1CCc2[nH]c(=O)nc(C(F)(F)F)c2C1. The molecule has 1 aromatic heterocycles. The van der Waals surface area contributed by atoms with Crippen molar-refractivity contribution in [2.24, 2.45) is 5.73 Å². The van der Waals surface area contributed by atoms with Crippen LogP contribution in [0, 0.1) is 0 Å². The second-order valence-corrected chi connectivity index (χ2v) is 3.85. The average molecular weight is 233 g/mol. The Labute approximate surface area is 88.7 Å². The Bertz CT molecular complexity index is 466. The lowest BCUT2D eigenvalue weighted by Crippen LogP contribution is -2.34. The van der Waals surface area contributed by atoms with E-state index in [0.29, 0.717) is 18.5 Å². The first-order chi connectivity index (χ1) is 7.38. The number of nitrogens with zero attached hydrogens (tertiary/aromatic N) is 1. The summed E-state index contributed by atoms with van der Waals surface area (Å²) in [7, 11) is 0. The lowest BCUT2D eigenvalue weighted by Gasteiger charge is -2.23. The van der Waals surface area contributed by atoms with Gasteiger partial charge in [-0.15, -0.1) is 0 Å². The Balaban J connectivity index is 2.60. The van der Waals surface area contributed by atoms with Gasteiger partial charge < -0.3 is 10.7 Å². The predicted molar refractivity (Wildman–Crippen MR) is 49.9 cm³/mol. The monoisotopic (exact) mass is 233 g/mol. The van der Waals surface area contributed by atoms with Crippen molar-refractivity contribution in [3.8, 4) is 0 Å². The first-order valence-corrected chi connectivity index (χ1v) is 4.83. The van der Waals surface area contributed by atoms with Crippen LogP contribution in [0.25, 0.3) is 0 Å². The molecule has 7 heteroatoms. The quantitative estimate of drug-likeness (QED) is 0.689. The predicted octanol–water partition coefficient (Wildman–Crippen LogP) is 0.605. The molecule has 1 atom stereocenters. The fourth-order valence-electron chi connectivity index (χ4n) is 1.91. The zero-order valence-corrected chi connectivity index (χ0v) is 8.27. The van der Waals surface area contributed by atoms with Gasteiger partial charge in [-0.3, -0.25) is 0 Å². The van der Waals surface area contributed by atoms with Crippen molar-refractivity contribution >= 4 is 0 Å². The van der Waals surface area contributed by atoms with Crippen LogP contribution in [0.4, 0.5) is 13.2 Å². The maximum Gasteiger partial charge on any atom is 0.433 e. The van der Waals surface area contributed by atoms with Gasteiger partial charge in [-0.05, 0) is 19.3 Å². The number of halogens is 3. The molecule has 1 aromatic rings. The van der Waals surface area contributed by atoms with E-state index in [1.54, 1.807) is 0 Å². The Morgan fingerprint density at radius 3 is 2.75 bits per heavy atom. The Morgan fingerprint density at radius 1 is 1.44 bits per heavy atom. The van der Waals surface area contributed by atoms with Gasteiger partial charge in [0.1, 0.15) is 0 Å². The van der Waals surface area contributed by atoms with Crippen molar-refractivity contribution in [3.05, 3.63) is 27.4 Å². The molecular weight excluding hydrogens is 223 g/mol. The van der Waals surface area contributed by atoms with E-state index in [4.69, 9.17) is 5.73 Å². The smallest absolute Gasteiger partial charge is 0.327 e. The van der Waals surface area contributed by atoms with Crippen molar-refractivity contribution in [1.29, 1.82) is 0 Å². The third-order valence-corrected chi connectivity index (χ3v) is 2.62. The van der Waals surface area contributed by atoms with Crippen LogP contribution in [0.5, 0.6) is 0 Å². The summed E-state index contributed by atoms with van der Waals surface area (Å²) in [5, 5.41) is 0. The molecule has 2 rings (SSSR count). The summed E-state index contributed by atoms with van der Waals surface area (Å²) in [5.74, 6) is 0. The van der Waals surface area contributed by atoms with E-state index in [-0.39, 0.29) is 18.0 Å². The van der Waals surface area contributed by atoms with Crippen molar-refractivity contribution < 1.29 is 13.2 Å². The van der Waals surface area contributed by atoms with E-state index < -0.39 is 17.6 Å². The number of fused-ring (bicyclic) bond motifs is 1. The highest BCUT2D eigenvalue weighted by Gasteiger charge is 2.38.